The molecule has 0 fully saturated rings. The van der Waals surface area contributed by atoms with E-state index in [4.69, 9.17) is 14.5 Å². The van der Waals surface area contributed by atoms with Gasteiger partial charge in [-0.25, -0.2) is 4.98 Å². The van der Waals surface area contributed by atoms with Gasteiger partial charge in [0.05, 0.1) is 18.1 Å². The number of aryl methyl sites for hydroxylation is 2. The minimum atomic E-state index is -0.0685. The van der Waals surface area contributed by atoms with Crippen molar-refractivity contribution in [3.8, 4) is 11.5 Å². The average molecular weight is 458 g/mol. The van der Waals surface area contributed by atoms with Crippen LogP contribution in [0.4, 0.5) is 0 Å². The number of ether oxygens (including phenoxy) is 2. The van der Waals surface area contributed by atoms with Crippen molar-refractivity contribution in [2.45, 2.75) is 39.3 Å². The molecule has 34 heavy (non-hydrogen) atoms. The molecule has 0 unspecified atom stereocenters. The lowest BCUT2D eigenvalue weighted by atomic mass is 10.1. The molecule has 0 aliphatic carbocycles. The molecule has 6 heteroatoms. The third kappa shape index (κ3) is 5.57. The Kier molecular flexibility index (Phi) is 7.81. The number of aromatic nitrogens is 2. The van der Waals surface area contributed by atoms with Crippen LogP contribution in [0.3, 0.4) is 0 Å². The molecule has 0 saturated carbocycles. The SMILES string of the molecule is CCCCNC(=O)c1ccc2c(c1)nc(COc1ccccc1OC)n2CCc1ccccc1. The fourth-order valence-corrected chi connectivity index (χ4v) is 3.93. The van der Waals surface area contributed by atoms with Crippen molar-refractivity contribution in [3.63, 3.8) is 0 Å². The van der Waals surface area contributed by atoms with E-state index in [-0.39, 0.29) is 5.91 Å². The number of benzene rings is 3. The Morgan fingerprint density at radius 1 is 1.00 bits per heavy atom. The summed E-state index contributed by atoms with van der Waals surface area (Å²) in [6, 6.07) is 23.7. The summed E-state index contributed by atoms with van der Waals surface area (Å²) in [6.07, 6.45) is 2.88. The summed E-state index contributed by atoms with van der Waals surface area (Å²) in [5.74, 6) is 2.09. The molecular formula is C28H31N3O3. The minimum Gasteiger partial charge on any atom is -0.493 e. The first-order chi connectivity index (χ1) is 16.7. The third-order valence-electron chi connectivity index (χ3n) is 5.80. The number of imidazole rings is 1. The van der Waals surface area contributed by atoms with Crippen molar-refractivity contribution in [1.29, 1.82) is 0 Å². The van der Waals surface area contributed by atoms with Gasteiger partial charge in [0, 0.05) is 18.7 Å². The lowest BCUT2D eigenvalue weighted by Crippen LogP contribution is -2.24. The van der Waals surface area contributed by atoms with E-state index in [1.807, 2.05) is 48.5 Å². The summed E-state index contributed by atoms with van der Waals surface area (Å²) in [5.41, 5.74) is 3.65. The zero-order chi connectivity index (χ0) is 23.8. The number of carbonyl (C=O) groups is 1. The minimum absolute atomic E-state index is 0.0685. The second kappa shape index (κ2) is 11.4. The maximum absolute atomic E-state index is 12.6. The molecule has 3 aromatic carbocycles. The second-order valence-corrected chi connectivity index (χ2v) is 8.17. The largest absolute Gasteiger partial charge is 0.493 e. The van der Waals surface area contributed by atoms with Crippen LogP contribution in [0.15, 0.2) is 72.8 Å². The van der Waals surface area contributed by atoms with Crippen molar-refractivity contribution in [3.05, 3.63) is 89.7 Å². The quantitative estimate of drug-likeness (QED) is 0.307. The van der Waals surface area contributed by atoms with E-state index < -0.39 is 0 Å². The number of hydrogen-bond acceptors (Lipinski definition) is 4. The predicted molar refractivity (Wildman–Crippen MR) is 134 cm³/mol. The van der Waals surface area contributed by atoms with Crippen LogP contribution in [0.2, 0.25) is 0 Å². The van der Waals surface area contributed by atoms with E-state index in [2.05, 4.69) is 41.1 Å². The van der Waals surface area contributed by atoms with E-state index in [0.29, 0.717) is 30.2 Å². The molecule has 0 aliphatic heterocycles. The van der Waals surface area contributed by atoms with Gasteiger partial charge in [-0.3, -0.25) is 4.79 Å². The Labute approximate surface area is 200 Å². The van der Waals surface area contributed by atoms with E-state index in [9.17, 15) is 4.79 Å². The van der Waals surface area contributed by atoms with Crippen LogP contribution in [0.1, 0.15) is 41.5 Å². The molecule has 1 N–H and O–H groups in total. The van der Waals surface area contributed by atoms with Gasteiger partial charge in [-0.15, -0.1) is 0 Å². The van der Waals surface area contributed by atoms with E-state index in [1.54, 1.807) is 7.11 Å². The smallest absolute Gasteiger partial charge is 0.251 e. The first kappa shape index (κ1) is 23.4. The molecule has 4 aromatic rings. The number of nitrogens with zero attached hydrogens (tertiary/aromatic N) is 2. The topological polar surface area (TPSA) is 65.4 Å². The van der Waals surface area contributed by atoms with E-state index in [0.717, 1.165) is 42.7 Å². The summed E-state index contributed by atoms with van der Waals surface area (Å²) in [7, 11) is 1.63. The molecule has 6 nitrogen and oxygen atoms in total. The van der Waals surface area contributed by atoms with Crippen LogP contribution in [0, 0.1) is 0 Å². The van der Waals surface area contributed by atoms with Crippen LogP contribution in [-0.2, 0) is 19.6 Å². The number of para-hydroxylation sites is 2. The number of carbonyl (C=O) groups excluding carboxylic acids is 1. The molecule has 4 rings (SSSR count). The van der Waals surface area contributed by atoms with Gasteiger partial charge in [-0.05, 0) is 48.7 Å². The monoisotopic (exact) mass is 457 g/mol. The molecule has 0 atom stereocenters. The number of nitrogens with one attached hydrogen (secondary N) is 1. The van der Waals surface area contributed by atoms with Crippen LogP contribution >= 0.6 is 0 Å². The number of rotatable bonds is 11. The Morgan fingerprint density at radius 3 is 2.53 bits per heavy atom. The molecule has 1 amide bonds. The number of amides is 1. The molecular weight excluding hydrogens is 426 g/mol. The Morgan fingerprint density at radius 2 is 1.76 bits per heavy atom. The summed E-state index contributed by atoms with van der Waals surface area (Å²) in [4.78, 5) is 17.4. The first-order valence-corrected chi connectivity index (χ1v) is 11.8. The van der Waals surface area contributed by atoms with Crippen LogP contribution in [-0.4, -0.2) is 29.1 Å². The standard InChI is InChI=1S/C28H31N3O3/c1-3-4-17-29-28(32)22-14-15-24-23(19-22)30-27(20-34-26-13-9-8-12-25(26)33-2)31(24)18-16-21-10-6-5-7-11-21/h5-15,19H,3-4,16-18,20H2,1-2H3,(H,29,32). The number of hydrogen-bond donors (Lipinski definition) is 1. The van der Waals surface area contributed by atoms with Crippen LogP contribution in [0.25, 0.3) is 11.0 Å². The molecule has 0 saturated heterocycles. The summed E-state index contributed by atoms with van der Waals surface area (Å²) < 4.78 is 13.7. The van der Waals surface area contributed by atoms with Crippen molar-refractivity contribution in [1.82, 2.24) is 14.9 Å². The maximum atomic E-state index is 12.6. The Bertz CT molecular complexity index is 1230. The average Bonchev–Trinajstić information content (AvgIpc) is 3.23. The van der Waals surface area contributed by atoms with Gasteiger partial charge in [-0.1, -0.05) is 55.8 Å². The molecule has 0 spiro atoms. The van der Waals surface area contributed by atoms with Crippen molar-refractivity contribution in [2.75, 3.05) is 13.7 Å². The normalized spacial score (nSPS) is 10.9. The molecule has 1 aromatic heterocycles. The van der Waals surface area contributed by atoms with Gasteiger partial charge in [0.25, 0.3) is 5.91 Å². The predicted octanol–water partition coefficient (Wildman–Crippen LogP) is 5.40. The van der Waals surface area contributed by atoms with Crippen molar-refractivity contribution < 1.29 is 14.3 Å². The zero-order valence-corrected chi connectivity index (χ0v) is 19.8. The highest BCUT2D eigenvalue weighted by molar-refractivity contribution is 5.97. The molecule has 0 bridgehead atoms. The van der Waals surface area contributed by atoms with Crippen molar-refractivity contribution >= 4 is 16.9 Å². The highest BCUT2D eigenvalue weighted by atomic mass is 16.5. The van der Waals surface area contributed by atoms with Gasteiger partial charge in [0.2, 0.25) is 0 Å². The van der Waals surface area contributed by atoms with Gasteiger partial charge >= 0.3 is 0 Å². The number of unbranched alkanes of at least 4 members (excludes halogenated alkanes) is 1. The van der Waals surface area contributed by atoms with Gasteiger partial charge in [-0.2, -0.15) is 0 Å². The Hall–Kier alpha value is -3.80. The first-order valence-electron chi connectivity index (χ1n) is 11.8. The molecule has 176 valence electrons. The summed E-state index contributed by atoms with van der Waals surface area (Å²) in [6.45, 7) is 3.83. The lowest BCUT2D eigenvalue weighted by molar-refractivity contribution is 0.0953. The van der Waals surface area contributed by atoms with Crippen molar-refractivity contribution in [2.24, 2.45) is 0 Å². The summed E-state index contributed by atoms with van der Waals surface area (Å²) >= 11 is 0. The number of fused-ring (bicyclic) bond motifs is 1. The van der Waals surface area contributed by atoms with Gasteiger partial charge < -0.3 is 19.4 Å². The highest BCUT2D eigenvalue weighted by Gasteiger charge is 2.15. The molecule has 0 aliphatic rings. The fourth-order valence-electron chi connectivity index (χ4n) is 3.93. The van der Waals surface area contributed by atoms with Crippen LogP contribution < -0.4 is 14.8 Å². The Balaban J connectivity index is 1.61. The van der Waals surface area contributed by atoms with Crippen LogP contribution in [0.5, 0.6) is 11.5 Å². The molecule has 0 radical (unpaired) electrons. The number of methoxy groups -OCH3 is 1. The van der Waals surface area contributed by atoms with E-state index in [1.165, 1.54) is 5.56 Å². The zero-order valence-electron chi connectivity index (χ0n) is 19.8. The fraction of sp³-hybridized carbons (Fsp3) is 0.286. The van der Waals surface area contributed by atoms with Gasteiger partial charge in [0.1, 0.15) is 12.4 Å². The third-order valence-corrected chi connectivity index (χ3v) is 5.80. The lowest BCUT2D eigenvalue weighted by Gasteiger charge is -2.12. The highest BCUT2D eigenvalue weighted by Crippen LogP contribution is 2.27. The maximum Gasteiger partial charge on any atom is 0.251 e. The second-order valence-electron chi connectivity index (χ2n) is 8.17. The summed E-state index contributed by atoms with van der Waals surface area (Å²) in [5, 5.41) is 2.98. The molecule has 1 heterocycles. The van der Waals surface area contributed by atoms with Gasteiger partial charge in [0.15, 0.2) is 11.5 Å². The van der Waals surface area contributed by atoms with E-state index >= 15 is 0 Å².